The lowest BCUT2D eigenvalue weighted by atomic mass is 9.88. The van der Waals surface area contributed by atoms with Crippen molar-refractivity contribution >= 4 is 11.9 Å². The van der Waals surface area contributed by atoms with Crippen molar-refractivity contribution in [2.75, 3.05) is 6.61 Å². The Labute approximate surface area is 111 Å². The predicted molar refractivity (Wildman–Crippen MR) is 69.5 cm³/mol. The number of nitrogens with two attached hydrogens (primary N) is 2. The molecule has 0 saturated carbocycles. The highest BCUT2D eigenvalue weighted by Gasteiger charge is 2.20. The van der Waals surface area contributed by atoms with Crippen molar-refractivity contribution in [2.24, 2.45) is 11.5 Å². The second-order valence-corrected chi connectivity index (χ2v) is 4.52. The molecule has 1 atom stereocenters. The molecule has 1 aliphatic carbocycles. The molecule has 0 bridgehead atoms. The zero-order valence-corrected chi connectivity index (χ0v) is 10.5. The highest BCUT2D eigenvalue weighted by atomic mass is 16.5. The average molecular weight is 263 g/mol. The van der Waals surface area contributed by atoms with Gasteiger partial charge >= 0.3 is 6.03 Å². The summed E-state index contributed by atoms with van der Waals surface area (Å²) in [7, 11) is 0. The van der Waals surface area contributed by atoms with Crippen LogP contribution in [0.5, 0.6) is 5.75 Å². The van der Waals surface area contributed by atoms with Crippen LogP contribution in [0.25, 0.3) is 0 Å². The van der Waals surface area contributed by atoms with E-state index in [0.29, 0.717) is 5.75 Å². The molecule has 0 spiro atoms. The lowest BCUT2D eigenvalue weighted by Crippen LogP contribution is -2.38. The minimum atomic E-state index is -0.884. The summed E-state index contributed by atoms with van der Waals surface area (Å²) < 4.78 is 5.44. The number of rotatable bonds is 3. The van der Waals surface area contributed by atoms with Crippen molar-refractivity contribution in [2.45, 2.75) is 25.3 Å². The second kappa shape index (κ2) is 5.71. The van der Waals surface area contributed by atoms with Gasteiger partial charge in [0.05, 0.1) is 0 Å². The van der Waals surface area contributed by atoms with E-state index in [4.69, 9.17) is 16.2 Å². The molecule has 1 aromatic rings. The number of nitrogens with one attached hydrogen (secondary N) is 1. The number of primary amides is 1. The Bertz CT molecular complexity index is 502. The number of carbonyl (C=O) groups is 2. The molecule has 1 unspecified atom stereocenters. The maximum absolute atomic E-state index is 11.3. The fourth-order valence-corrected chi connectivity index (χ4v) is 2.30. The molecular formula is C13H17N3O3. The van der Waals surface area contributed by atoms with Gasteiger partial charge in [0.1, 0.15) is 5.75 Å². The van der Waals surface area contributed by atoms with Gasteiger partial charge in [-0.05, 0) is 36.5 Å². The molecule has 0 aliphatic heterocycles. The molecule has 19 heavy (non-hydrogen) atoms. The number of urea groups is 1. The zero-order chi connectivity index (χ0) is 13.8. The van der Waals surface area contributed by atoms with Crippen molar-refractivity contribution in [1.29, 1.82) is 0 Å². The van der Waals surface area contributed by atoms with Crippen molar-refractivity contribution in [3.05, 3.63) is 29.3 Å². The molecular weight excluding hydrogens is 246 g/mol. The van der Waals surface area contributed by atoms with E-state index in [0.717, 1.165) is 30.4 Å². The van der Waals surface area contributed by atoms with E-state index < -0.39 is 11.9 Å². The SMILES string of the molecule is NC(=O)NC(=O)COc1cccc2c1CCCC2N. The Morgan fingerprint density at radius 1 is 1.42 bits per heavy atom. The molecule has 102 valence electrons. The van der Waals surface area contributed by atoms with Crippen LogP contribution in [-0.2, 0) is 11.2 Å². The molecule has 6 nitrogen and oxygen atoms in total. The summed E-state index contributed by atoms with van der Waals surface area (Å²) in [4.78, 5) is 21.8. The first-order chi connectivity index (χ1) is 9.08. The van der Waals surface area contributed by atoms with Crippen LogP contribution >= 0.6 is 0 Å². The molecule has 6 heteroatoms. The van der Waals surface area contributed by atoms with Crippen molar-refractivity contribution < 1.29 is 14.3 Å². The summed E-state index contributed by atoms with van der Waals surface area (Å²) in [6.45, 7) is -0.241. The van der Waals surface area contributed by atoms with E-state index in [2.05, 4.69) is 0 Å². The van der Waals surface area contributed by atoms with Crippen LogP contribution in [0.1, 0.15) is 30.0 Å². The lowest BCUT2D eigenvalue weighted by Gasteiger charge is -2.24. The standard InChI is InChI=1S/C13H17N3O3/c14-10-5-1-4-9-8(10)3-2-6-11(9)19-7-12(17)16-13(15)18/h2-3,6,10H,1,4-5,7,14H2,(H3,15,16,17,18). The Hall–Kier alpha value is -2.08. The van der Waals surface area contributed by atoms with Crippen LogP contribution < -0.4 is 21.5 Å². The lowest BCUT2D eigenvalue weighted by molar-refractivity contribution is -0.121. The topological polar surface area (TPSA) is 107 Å². The van der Waals surface area contributed by atoms with Crippen LogP contribution in [0.15, 0.2) is 18.2 Å². The van der Waals surface area contributed by atoms with Crippen LogP contribution in [-0.4, -0.2) is 18.5 Å². The van der Waals surface area contributed by atoms with E-state index in [-0.39, 0.29) is 12.6 Å². The summed E-state index contributed by atoms with van der Waals surface area (Å²) in [5, 5.41) is 1.95. The van der Waals surface area contributed by atoms with Crippen molar-refractivity contribution in [1.82, 2.24) is 5.32 Å². The number of benzene rings is 1. The predicted octanol–water partition coefficient (Wildman–Crippen LogP) is 0.596. The van der Waals surface area contributed by atoms with Gasteiger partial charge < -0.3 is 16.2 Å². The van der Waals surface area contributed by atoms with Gasteiger partial charge in [0.2, 0.25) is 0 Å². The van der Waals surface area contributed by atoms with Crippen LogP contribution in [0.4, 0.5) is 4.79 Å². The maximum Gasteiger partial charge on any atom is 0.318 e. The minimum absolute atomic E-state index is 0.0201. The number of ether oxygens (including phenoxy) is 1. The van der Waals surface area contributed by atoms with Gasteiger partial charge in [-0.25, -0.2) is 4.79 Å². The van der Waals surface area contributed by atoms with Gasteiger partial charge in [-0.15, -0.1) is 0 Å². The van der Waals surface area contributed by atoms with Crippen molar-refractivity contribution in [3.8, 4) is 5.75 Å². The fourth-order valence-electron chi connectivity index (χ4n) is 2.30. The number of amides is 3. The first kappa shape index (κ1) is 13.4. The van der Waals surface area contributed by atoms with E-state index in [1.54, 1.807) is 6.07 Å². The summed E-state index contributed by atoms with van der Waals surface area (Å²) in [5.74, 6) is 0.0810. The molecule has 0 heterocycles. The number of fused-ring (bicyclic) bond motifs is 1. The molecule has 5 N–H and O–H groups in total. The first-order valence-electron chi connectivity index (χ1n) is 6.17. The van der Waals surface area contributed by atoms with Gasteiger partial charge in [-0.3, -0.25) is 10.1 Å². The number of hydrogen-bond acceptors (Lipinski definition) is 4. The molecule has 0 radical (unpaired) electrons. The van der Waals surface area contributed by atoms with E-state index >= 15 is 0 Å². The summed E-state index contributed by atoms with van der Waals surface area (Å²) in [5.41, 5.74) is 13.0. The quantitative estimate of drug-likeness (QED) is 0.742. The van der Waals surface area contributed by atoms with Crippen LogP contribution in [0.3, 0.4) is 0 Å². The number of hydrogen-bond donors (Lipinski definition) is 3. The molecule has 1 aromatic carbocycles. The molecule has 0 fully saturated rings. The minimum Gasteiger partial charge on any atom is -0.483 e. The highest BCUT2D eigenvalue weighted by Crippen LogP contribution is 2.33. The van der Waals surface area contributed by atoms with Gasteiger partial charge in [-0.2, -0.15) is 0 Å². The molecule has 3 amide bonds. The Kier molecular flexibility index (Phi) is 4.01. The highest BCUT2D eigenvalue weighted by molar-refractivity contribution is 5.94. The summed E-state index contributed by atoms with van der Waals surface area (Å²) in [6, 6.07) is 4.77. The second-order valence-electron chi connectivity index (χ2n) is 4.52. The number of carbonyl (C=O) groups excluding carboxylic acids is 2. The molecule has 1 aliphatic rings. The largest absolute Gasteiger partial charge is 0.483 e. The maximum atomic E-state index is 11.3. The average Bonchev–Trinajstić information content (AvgIpc) is 2.36. The van der Waals surface area contributed by atoms with E-state index in [1.165, 1.54) is 0 Å². The smallest absolute Gasteiger partial charge is 0.318 e. The monoisotopic (exact) mass is 263 g/mol. The van der Waals surface area contributed by atoms with Crippen LogP contribution in [0, 0.1) is 0 Å². The summed E-state index contributed by atoms with van der Waals surface area (Å²) in [6.07, 6.45) is 2.84. The Balaban J connectivity index is 2.07. The van der Waals surface area contributed by atoms with Gasteiger partial charge in [0, 0.05) is 6.04 Å². The van der Waals surface area contributed by atoms with Gasteiger partial charge in [-0.1, -0.05) is 12.1 Å². The van der Waals surface area contributed by atoms with Gasteiger partial charge in [0.25, 0.3) is 5.91 Å². The first-order valence-corrected chi connectivity index (χ1v) is 6.17. The Morgan fingerprint density at radius 2 is 2.21 bits per heavy atom. The van der Waals surface area contributed by atoms with E-state index in [1.807, 2.05) is 17.4 Å². The molecule has 0 saturated heterocycles. The summed E-state index contributed by atoms with van der Waals surface area (Å²) >= 11 is 0. The van der Waals surface area contributed by atoms with Crippen molar-refractivity contribution in [3.63, 3.8) is 0 Å². The zero-order valence-electron chi connectivity index (χ0n) is 10.5. The third kappa shape index (κ3) is 3.23. The van der Waals surface area contributed by atoms with Crippen LogP contribution in [0.2, 0.25) is 0 Å². The number of imide groups is 1. The fraction of sp³-hybridized carbons (Fsp3) is 0.385. The Morgan fingerprint density at radius 3 is 2.95 bits per heavy atom. The van der Waals surface area contributed by atoms with Gasteiger partial charge in [0.15, 0.2) is 6.61 Å². The molecule has 0 aromatic heterocycles. The van der Waals surface area contributed by atoms with E-state index in [9.17, 15) is 9.59 Å². The normalized spacial score (nSPS) is 17.4. The third-order valence-corrected chi connectivity index (χ3v) is 3.13. The third-order valence-electron chi connectivity index (χ3n) is 3.13. The molecule has 2 rings (SSSR count).